The Labute approximate surface area is 184 Å². The number of carbonyl (C=O) groups is 2. The predicted octanol–water partition coefficient (Wildman–Crippen LogP) is 3.67. The fraction of sp³-hybridized carbons (Fsp3) is 0.591. The summed E-state index contributed by atoms with van der Waals surface area (Å²) in [5, 5.41) is 3.83. The van der Waals surface area contributed by atoms with Gasteiger partial charge in [0.05, 0.1) is 28.9 Å². The van der Waals surface area contributed by atoms with E-state index in [1.807, 2.05) is 37.8 Å². The number of nitrogens with zero attached hydrogens (tertiary/aromatic N) is 3. The first-order valence-corrected chi connectivity index (χ1v) is 11.7. The third-order valence-electron chi connectivity index (χ3n) is 6.73. The van der Waals surface area contributed by atoms with E-state index in [2.05, 4.69) is 5.32 Å². The molecule has 9 heteroatoms. The molecular formula is C22H26N4O4S. The van der Waals surface area contributed by atoms with Gasteiger partial charge in [0.1, 0.15) is 11.4 Å². The van der Waals surface area contributed by atoms with Gasteiger partial charge < -0.3 is 19.7 Å². The maximum absolute atomic E-state index is 13.0. The van der Waals surface area contributed by atoms with Crippen LogP contribution in [0.25, 0.3) is 10.2 Å². The van der Waals surface area contributed by atoms with Gasteiger partial charge in [-0.2, -0.15) is 0 Å². The number of hydrogen-bond donors (Lipinski definition) is 1. The van der Waals surface area contributed by atoms with Crippen molar-refractivity contribution in [3.63, 3.8) is 0 Å². The zero-order valence-corrected chi connectivity index (χ0v) is 18.8. The summed E-state index contributed by atoms with van der Waals surface area (Å²) < 4.78 is 12.4. The summed E-state index contributed by atoms with van der Waals surface area (Å²) in [6.45, 7) is 6.77. The van der Waals surface area contributed by atoms with E-state index in [1.54, 1.807) is 4.90 Å². The Hall–Kier alpha value is -2.55. The summed E-state index contributed by atoms with van der Waals surface area (Å²) in [6, 6.07) is 3.72. The molecule has 4 heterocycles. The molecule has 1 aromatic heterocycles. The average molecular weight is 443 g/mol. The SMILES string of the molecule is CC(C)(C)OC(=O)N1C[C@@H]2[C@H](CC13CC3)NC(=O)N2c1nc2c3c(ccc2s1)OCC3. The molecule has 1 aromatic carbocycles. The zero-order chi connectivity index (χ0) is 21.5. The molecular weight excluding hydrogens is 416 g/mol. The molecule has 0 unspecified atom stereocenters. The first kappa shape index (κ1) is 19.2. The van der Waals surface area contributed by atoms with E-state index in [-0.39, 0.29) is 29.7 Å². The van der Waals surface area contributed by atoms with Crippen LogP contribution in [0.4, 0.5) is 14.7 Å². The minimum absolute atomic E-state index is 0.00903. The standard InChI is InChI=1S/C22H26N4O4S/c1-21(2,3)30-20(28)25-11-14-13(10-22(25)7-8-22)23-18(27)26(14)19-24-17-12-6-9-29-15(12)4-5-16(17)31-19/h4-5,13-14H,6-11H2,1-3H3,(H,23,27)/t13-,14+/m0/s1. The monoisotopic (exact) mass is 442 g/mol. The summed E-state index contributed by atoms with van der Waals surface area (Å²) in [6.07, 6.45) is 3.22. The maximum atomic E-state index is 13.0. The van der Waals surface area contributed by atoms with E-state index < -0.39 is 5.60 Å². The number of benzene rings is 1. The van der Waals surface area contributed by atoms with Crippen LogP contribution in [0.1, 0.15) is 45.6 Å². The van der Waals surface area contributed by atoms with Crippen LogP contribution in [0, 0.1) is 0 Å². The lowest BCUT2D eigenvalue weighted by Crippen LogP contribution is -2.59. The number of aromatic nitrogens is 1. The van der Waals surface area contributed by atoms with Crippen molar-refractivity contribution in [3.05, 3.63) is 17.7 Å². The predicted molar refractivity (Wildman–Crippen MR) is 117 cm³/mol. The van der Waals surface area contributed by atoms with Crippen LogP contribution in [0.5, 0.6) is 5.75 Å². The van der Waals surface area contributed by atoms with E-state index >= 15 is 0 Å². The van der Waals surface area contributed by atoms with Gasteiger partial charge in [0.15, 0.2) is 5.13 Å². The number of thiazole rings is 1. The number of hydrogen-bond acceptors (Lipinski definition) is 6. The molecule has 0 bridgehead atoms. The number of amides is 3. The minimum Gasteiger partial charge on any atom is -0.493 e. The normalized spacial score (nSPS) is 26.0. The van der Waals surface area contributed by atoms with E-state index in [9.17, 15) is 9.59 Å². The third-order valence-corrected chi connectivity index (χ3v) is 7.75. The van der Waals surface area contributed by atoms with E-state index in [0.29, 0.717) is 18.3 Å². The third kappa shape index (κ3) is 2.96. The lowest BCUT2D eigenvalue weighted by Gasteiger charge is -2.43. The molecule has 2 atom stereocenters. The number of ether oxygens (including phenoxy) is 2. The number of likely N-dealkylation sites (tertiary alicyclic amines) is 1. The van der Waals surface area contributed by atoms with Crippen LogP contribution >= 0.6 is 11.3 Å². The van der Waals surface area contributed by atoms with Crippen LogP contribution in [-0.4, -0.2) is 58.4 Å². The molecule has 164 valence electrons. The van der Waals surface area contributed by atoms with Crippen LogP contribution in [0.15, 0.2) is 12.1 Å². The van der Waals surface area contributed by atoms with Crippen LogP contribution < -0.4 is 15.0 Å². The zero-order valence-electron chi connectivity index (χ0n) is 17.9. The molecule has 4 aliphatic rings. The first-order valence-electron chi connectivity index (χ1n) is 10.9. The van der Waals surface area contributed by atoms with Crippen molar-refractivity contribution >= 4 is 38.8 Å². The maximum Gasteiger partial charge on any atom is 0.410 e. The van der Waals surface area contributed by atoms with Gasteiger partial charge in [0.2, 0.25) is 0 Å². The second-order valence-electron chi connectivity index (χ2n) is 10.00. The topological polar surface area (TPSA) is 84.0 Å². The second-order valence-corrected chi connectivity index (χ2v) is 11.0. The summed E-state index contributed by atoms with van der Waals surface area (Å²) in [5.41, 5.74) is 1.30. The Morgan fingerprint density at radius 2 is 2.16 bits per heavy atom. The minimum atomic E-state index is -0.553. The fourth-order valence-electron chi connectivity index (χ4n) is 5.14. The Kier molecular flexibility index (Phi) is 3.86. The van der Waals surface area contributed by atoms with E-state index in [4.69, 9.17) is 14.5 Å². The number of rotatable bonds is 1. The van der Waals surface area contributed by atoms with E-state index in [1.165, 1.54) is 11.3 Å². The molecule has 8 nitrogen and oxygen atoms in total. The smallest absolute Gasteiger partial charge is 0.410 e. The summed E-state index contributed by atoms with van der Waals surface area (Å²) in [5.74, 6) is 0.887. The summed E-state index contributed by atoms with van der Waals surface area (Å²) >= 11 is 1.52. The number of piperidine rings is 1. The highest BCUT2D eigenvalue weighted by Gasteiger charge is 2.60. The molecule has 3 aliphatic heterocycles. The van der Waals surface area contributed by atoms with Gasteiger partial charge in [0.25, 0.3) is 0 Å². The number of nitrogens with one attached hydrogen (secondary N) is 1. The van der Waals surface area contributed by atoms with E-state index in [0.717, 1.165) is 47.2 Å². The molecule has 2 aromatic rings. The molecule has 0 radical (unpaired) electrons. The number of urea groups is 1. The molecule has 2 saturated heterocycles. The molecule has 3 amide bonds. The lowest BCUT2D eigenvalue weighted by atomic mass is 9.92. The van der Waals surface area contributed by atoms with Crippen molar-refractivity contribution in [1.82, 2.24) is 15.2 Å². The molecule has 6 rings (SSSR count). The Balaban J connectivity index is 1.33. The number of anilines is 1. The van der Waals surface area contributed by atoms with Crippen molar-refractivity contribution in [2.75, 3.05) is 18.1 Å². The van der Waals surface area contributed by atoms with Crippen molar-refractivity contribution in [2.45, 2.75) is 69.7 Å². The van der Waals surface area contributed by atoms with Crippen molar-refractivity contribution in [1.29, 1.82) is 0 Å². The molecule has 31 heavy (non-hydrogen) atoms. The highest BCUT2D eigenvalue weighted by atomic mass is 32.1. The Bertz CT molecular complexity index is 1100. The lowest BCUT2D eigenvalue weighted by molar-refractivity contribution is 0.00181. The second kappa shape index (κ2) is 6.25. The molecule has 1 N–H and O–H groups in total. The van der Waals surface area contributed by atoms with Gasteiger partial charge in [-0.1, -0.05) is 11.3 Å². The quantitative estimate of drug-likeness (QED) is 0.729. The van der Waals surface area contributed by atoms with Crippen molar-refractivity contribution in [3.8, 4) is 5.75 Å². The largest absolute Gasteiger partial charge is 0.493 e. The van der Waals surface area contributed by atoms with Gasteiger partial charge in [-0.05, 0) is 52.2 Å². The molecule has 1 aliphatic carbocycles. The van der Waals surface area contributed by atoms with Gasteiger partial charge in [0, 0.05) is 24.1 Å². The first-order chi connectivity index (χ1) is 14.7. The van der Waals surface area contributed by atoms with Crippen LogP contribution in [0.2, 0.25) is 0 Å². The van der Waals surface area contributed by atoms with Gasteiger partial charge in [-0.25, -0.2) is 14.6 Å². The molecule has 3 fully saturated rings. The summed E-state index contributed by atoms with van der Waals surface area (Å²) in [4.78, 5) is 34.5. The van der Waals surface area contributed by atoms with Crippen LogP contribution in [-0.2, 0) is 11.2 Å². The Morgan fingerprint density at radius 3 is 2.90 bits per heavy atom. The van der Waals surface area contributed by atoms with Crippen molar-refractivity contribution < 1.29 is 19.1 Å². The molecule has 1 spiro atoms. The van der Waals surface area contributed by atoms with Gasteiger partial charge in [-0.3, -0.25) is 4.90 Å². The van der Waals surface area contributed by atoms with Crippen molar-refractivity contribution in [2.24, 2.45) is 0 Å². The van der Waals surface area contributed by atoms with Gasteiger partial charge in [-0.15, -0.1) is 0 Å². The summed E-state index contributed by atoms with van der Waals surface area (Å²) in [7, 11) is 0. The highest BCUT2D eigenvalue weighted by Crippen LogP contribution is 2.51. The Morgan fingerprint density at radius 1 is 1.35 bits per heavy atom. The number of carbonyl (C=O) groups excluding carboxylic acids is 2. The number of fused-ring (bicyclic) bond motifs is 4. The highest BCUT2D eigenvalue weighted by molar-refractivity contribution is 7.22. The fourth-order valence-corrected chi connectivity index (χ4v) is 6.20. The average Bonchev–Trinajstić information content (AvgIpc) is 3.05. The molecule has 1 saturated carbocycles. The van der Waals surface area contributed by atoms with Crippen LogP contribution in [0.3, 0.4) is 0 Å². The van der Waals surface area contributed by atoms with Gasteiger partial charge >= 0.3 is 12.1 Å².